The Morgan fingerprint density at radius 1 is 1.35 bits per heavy atom. The van der Waals surface area contributed by atoms with Gasteiger partial charge in [0.1, 0.15) is 11.2 Å². The Kier molecular flexibility index (Phi) is 4.23. The predicted octanol–water partition coefficient (Wildman–Crippen LogP) is 0.768. The third-order valence-electron chi connectivity index (χ3n) is 4.38. The molecule has 136 valence electrons. The fraction of sp³-hybridized carbons (Fsp3) is 0.353. The second-order valence-electron chi connectivity index (χ2n) is 6.55. The summed E-state index contributed by atoms with van der Waals surface area (Å²) in [6.07, 6.45) is 1.72. The van der Waals surface area contributed by atoms with Gasteiger partial charge in [-0.25, -0.2) is 4.99 Å². The number of rotatable bonds is 3. The second kappa shape index (κ2) is 6.25. The van der Waals surface area contributed by atoms with Crippen LogP contribution in [0, 0.1) is 6.92 Å². The van der Waals surface area contributed by atoms with Crippen LogP contribution >= 0.6 is 0 Å². The zero-order valence-electron chi connectivity index (χ0n) is 15.1. The Labute approximate surface area is 150 Å². The van der Waals surface area contributed by atoms with E-state index in [1.54, 1.807) is 45.4 Å². The van der Waals surface area contributed by atoms with Crippen LogP contribution in [0.25, 0.3) is 0 Å². The summed E-state index contributed by atoms with van der Waals surface area (Å²) in [5.41, 5.74) is 7.29. The van der Waals surface area contributed by atoms with E-state index >= 15 is 0 Å². The lowest BCUT2D eigenvalue weighted by Gasteiger charge is -2.32. The minimum absolute atomic E-state index is 0.137. The molecule has 3 N–H and O–H groups in total. The number of nitrogens with two attached hydrogens (primary N) is 1. The largest absolute Gasteiger partial charge is 0.369 e. The molecular formula is C17H21N7O2. The van der Waals surface area contributed by atoms with Crippen LogP contribution in [0.3, 0.4) is 0 Å². The molecule has 2 aromatic rings. The number of amides is 2. The molecule has 9 nitrogen and oxygen atoms in total. The molecule has 2 aromatic heterocycles. The lowest BCUT2D eigenvalue weighted by Crippen LogP contribution is -2.47. The first-order valence-electron chi connectivity index (χ1n) is 8.10. The summed E-state index contributed by atoms with van der Waals surface area (Å²) < 4.78 is 1.52. The Morgan fingerprint density at radius 2 is 2.08 bits per heavy atom. The highest BCUT2D eigenvalue weighted by molar-refractivity contribution is 6.03. The predicted molar refractivity (Wildman–Crippen MR) is 96.5 cm³/mol. The van der Waals surface area contributed by atoms with Gasteiger partial charge in [-0.2, -0.15) is 5.10 Å². The average Bonchev–Trinajstić information content (AvgIpc) is 2.91. The van der Waals surface area contributed by atoms with Crippen molar-refractivity contribution < 1.29 is 9.59 Å². The molecule has 1 aliphatic heterocycles. The Hall–Kier alpha value is -3.23. The number of anilines is 1. The highest BCUT2D eigenvalue weighted by Gasteiger charge is 2.37. The molecule has 0 aliphatic carbocycles. The van der Waals surface area contributed by atoms with Gasteiger partial charge in [0.25, 0.3) is 5.91 Å². The maximum atomic E-state index is 12.5. The number of nitrogens with zero attached hydrogens (tertiary/aromatic N) is 5. The molecule has 0 spiro atoms. The summed E-state index contributed by atoms with van der Waals surface area (Å²) in [6, 6.07) is 5.09. The summed E-state index contributed by atoms with van der Waals surface area (Å²) in [5, 5.41) is 6.99. The summed E-state index contributed by atoms with van der Waals surface area (Å²) >= 11 is 0. The van der Waals surface area contributed by atoms with Gasteiger partial charge in [0.15, 0.2) is 5.96 Å². The van der Waals surface area contributed by atoms with Crippen molar-refractivity contribution in [2.24, 2.45) is 17.8 Å². The molecule has 3 heterocycles. The van der Waals surface area contributed by atoms with Gasteiger partial charge in [0.05, 0.1) is 17.8 Å². The third-order valence-corrected chi connectivity index (χ3v) is 4.38. The van der Waals surface area contributed by atoms with Crippen LogP contribution < -0.4 is 11.1 Å². The number of hydrogen-bond donors (Lipinski definition) is 2. The number of pyridine rings is 1. The van der Waals surface area contributed by atoms with Crippen molar-refractivity contribution in [1.29, 1.82) is 0 Å². The first-order chi connectivity index (χ1) is 12.2. The van der Waals surface area contributed by atoms with Gasteiger partial charge >= 0.3 is 0 Å². The standard InChI is InChI=1S/C17H21N7O2/c1-10-7-12(24(4)22-10)15(26)20-11-5-6-19-13(8-11)17(2)9-14(25)23(3)16(18)21-17/h5-8H,9H2,1-4H3,(H2,18,21)(H,19,20,26). The number of hydrogen-bond acceptors (Lipinski definition) is 6. The monoisotopic (exact) mass is 355 g/mol. The first-order valence-corrected chi connectivity index (χ1v) is 8.10. The van der Waals surface area contributed by atoms with E-state index in [4.69, 9.17) is 5.73 Å². The fourth-order valence-electron chi connectivity index (χ4n) is 2.88. The van der Waals surface area contributed by atoms with Crippen LogP contribution in [-0.4, -0.2) is 44.5 Å². The number of aliphatic imine (C=N–C) groups is 1. The molecule has 1 aliphatic rings. The molecule has 3 rings (SSSR count). The van der Waals surface area contributed by atoms with Crippen molar-refractivity contribution in [2.75, 3.05) is 12.4 Å². The normalized spacial score (nSPS) is 20.1. The van der Waals surface area contributed by atoms with Gasteiger partial charge in [-0.1, -0.05) is 0 Å². The molecule has 0 fully saturated rings. The van der Waals surface area contributed by atoms with Crippen LogP contribution in [0.4, 0.5) is 5.69 Å². The van der Waals surface area contributed by atoms with Crippen molar-refractivity contribution in [2.45, 2.75) is 25.8 Å². The lowest BCUT2D eigenvalue weighted by atomic mass is 9.91. The maximum absolute atomic E-state index is 12.5. The summed E-state index contributed by atoms with van der Waals surface area (Å²) in [6.45, 7) is 3.62. The van der Waals surface area contributed by atoms with E-state index < -0.39 is 5.54 Å². The van der Waals surface area contributed by atoms with Gasteiger partial charge in [-0.05, 0) is 32.0 Å². The van der Waals surface area contributed by atoms with Gasteiger partial charge in [0.2, 0.25) is 5.91 Å². The smallest absolute Gasteiger partial charge is 0.273 e. The number of nitrogens with one attached hydrogen (secondary N) is 1. The van der Waals surface area contributed by atoms with E-state index in [1.165, 1.54) is 9.58 Å². The van der Waals surface area contributed by atoms with Crippen molar-refractivity contribution >= 4 is 23.5 Å². The SMILES string of the molecule is Cc1cc(C(=O)Nc2ccnc(C3(C)CC(=O)N(C)C(N)=N3)c2)n(C)n1. The highest BCUT2D eigenvalue weighted by atomic mass is 16.2. The molecule has 0 saturated heterocycles. The molecule has 26 heavy (non-hydrogen) atoms. The topological polar surface area (TPSA) is 119 Å². The molecule has 2 amide bonds. The summed E-state index contributed by atoms with van der Waals surface area (Å²) in [5.74, 6) is -0.273. The quantitative estimate of drug-likeness (QED) is 0.843. The number of carbonyl (C=O) groups excluding carboxylic acids is 2. The Morgan fingerprint density at radius 3 is 2.69 bits per heavy atom. The van der Waals surface area contributed by atoms with Crippen molar-refractivity contribution in [3.05, 3.63) is 41.5 Å². The number of guanidine groups is 1. The van der Waals surface area contributed by atoms with Gasteiger partial charge in [0, 0.05) is 26.0 Å². The molecule has 0 bridgehead atoms. The molecular weight excluding hydrogens is 334 g/mol. The average molecular weight is 355 g/mol. The van der Waals surface area contributed by atoms with Crippen LogP contribution in [-0.2, 0) is 17.4 Å². The Balaban J connectivity index is 1.88. The summed E-state index contributed by atoms with van der Waals surface area (Å²) in [4.78, 5) is 34.7. The van der Waals surface area contributed by atoms with E-state index in [-0.39, 0.29) is 24.2 Å². The van der Waals surface area contributed by atoms with E-state index in [0.717, 1.165) is 5.69 Å². The highest BCUT2D eigenvalue weighted by Crippen LogP contribution is 2.32. The van der Waals surface area contributed by atoms with Gasteiger partial charge in [-0.15, -0.1) is 0 Å². The number of carbonyl (C=O) groups is 2. The fourth-order valence-corrected chi connectivity index (χ4v) is 2.88. The van der Waals surface area contributed by atoms with Crippen molar-refractivity contribution in [3.8, 4) is 0 Å². The summed E-state index contributed by atoms with van der Waals surface area (Å²) in [7, 11) is 3.29. The molecule has 0 aromatic carbocycles. The lowest BCUT2D eigenvalue weighted by molar-refractivity contribution is -0.128. The molecule has 1 atom stereocenters. The Bertz CT molecular complexity index is 918. The maximum Gasteiger partial charge on any atom is 0.273 e. The minimum Gasteiger partial charge on any atom is -0.369 e. The van der Waals surface area contributed by atoms with E-state index in [2.05, 4.69) is 20.4 Å². The molecule has 1 unspecified atom stereocenters. The first kappa shape index (κ1) is 17.6. The molecule has 0 radical (unpaired) electrons. The second-order valence-corrected chi connectivity index (χ2v) is 6.55. The van der Waals surface area contributed by atoms with E-state index in [9.17, 15) is 9.59 Å². The number of aryl methyl sites for hydroxylation is 2. The third kappa shape index (κ3) is 3.15. The van der Waals surface area contributed by atoms with E-state index in [0.29, 0.717) is 17.1 Å². The van der Waals surface area contributed by atoms with Crippen LogP contribution in [0.1, 0.15) is 35.2 Å². The van der Waals surface area contributed by atoms with Crippen molar-refractivity contribution in [1.82, 2.24) is 19.7 Å². The zero-order valence-corrected chi connectivity index (χ0v) is 15.1. The van der Waals surface area contributed by atoms with Crippen LogP contribution in [0.2, 0.25) is 0 Å². The van der Waals surface area contributed by atoms with Gasteiger partial charge < -0.3 is 11.1 Å². The van der Waals surface area contributed by atoms with Gasteiger partial charge in [-0.3, -0.25) is 24.2 Å². The molecule has 0 saturated carbocycles. The minimum atomic E-state index is -0.877. The zero-order chi connectivity index (χ0) is 19.1. The van der Waals surface area contributed by atoms with Crippen LogP contribution in [0.15, 0.2) is 29.4 Å². The van der Waals surface area contributed by atoms with E-state index in [1.807, 2.05) is 6.92 Å². The van der Waals surface area contributed by atoms with Crippen molar-refractivity contribution in [3.63, 3.8) is 0 Å². The van der Waals surface area contributed by atoms with Crippen LogP contribution in [0.5, 0.6) is 0 Å². The molecule has 9 heteroatoms. The number of aromatic nitrogens is 3.